The number of halogens is 2. The molecule has 4 unspecified atom stereocenters. The molecule has 350 valence electrons. The smallest absolute Gasteiger partial charge is 0.410 e. The normalized spacial score (nSPS) is 25.0. The molecule has 2 aromatic carbocycles. The second-order valence-electron chi connectivity index (χ2n) is 21.4. The average molecular weight is 915 g/mol. The topological polar surface area (TPSA) is 127 Å². The number of carbonyl (C=O) groups excluding carboxylic acids is 3. The van der Waals surface area contributed by atoms with Crippen LogP contribution in [-0.4, -0.2) is 124 Å². The van der Waals surface area contributed by atoms with Gasteiger partial charge >= 0.3 is 12.2 Å². The van der Waals surface area contributed by atoms with E-state index in [0.29, 0.717) is 42.3 Å². The Balaban J connectivity index is 0.000000174. The summed E-state index contributed by atoms with van der Waals surface area (Å²) in [6.07, 6.45) is 6.32. The van der Waals surface area contributed by atoms with Crippen LogP contribution in [0.1, 0.15) is 103 Å². The van der Waals surface area contributed by atoms with Crippen molar-refractivity contribution in [1.29, 1.82) is 0 Å². The molecule has 6 saturated heterocycles. The Morgan fingerprint density at radius 3 is 1.54 bits per heavy atom. The van der Waals surface area contributed by atoms with E-state index in [4.69, 9.17) is 47.9 Å². The van der Waals surface area contributed by atoms with E-state index in [2.05, 4.69) is 34.9 Å². The molecule has 12 nitrogen and oxygen atoms in total. The van der Waals surface area contributed by atoms with Crippen molar-refractivity contribution in [3.05, 3.63) is 57.6 Å². The summed E-state index contributed by atoms with van der Waals surface area (Å²) in [5.74, 6) is 2.53. The summed E-state index contributed by atoms with van der Waals surface area (Å²) >= 11 is 12.8. The fourth-order valence-corrected chi connectivity index (χ4v) is 9.82. The third-order valence-corrected chi connectivity index (χ3v) is 14.1. The first-order valence-corrected chi connectivity index (χ1v) is 23.8. The lowest BCUT2D eigenvalue weighted by Gasteiger charge is -2.40. The number of nitrogens with zero attached hydrogens (tertiary/aromatic N) is 4. The van der Waals surface area contributed by atoms with Crippen molar-refractivity contribution in [2.45, 2.75) is 111 Å². The van der Waals surface area contributed by atoms with Gasteiger partial charge in [0.25, 0.3) is 0 Å². The van der Waals surface area contributed by atoms with Crippen LogP contribution in [0.2, 0.25) is 10.0 Å². The monoisotopic (exact) mass is 913 g/mol. The van der Waals surface area contributed by atoms with E-state index in [-0.39, 0.29) is 23.1 Å². The maximum atomic E-state index is 12.4. The molecular weight excluding hydrogens is 841 g/mol. The van der Waals surface area contributed by atoms with Crippen molar-refractivity contribution in [3.63, 3.8) is 0 Å². The number of rotatable bonds is 6. The Morgan fingerprint density at radius 2 is 1.11 bits per heavy atom. The van der Waals surface area contributed by atoms with Gasteiger partial charge in [0.15, 0.2) is 0 Å². The van der Waals surface area contributed by atoms with Gasteiger partial charge in [-0.25, -0.2) is 9.59 Å². The molecule has 8 rings (SSSR count). The van der Waals surface area contributed by atoms with Gasteiger partial charge in [-0.15, -0.1) is 0 Å². The fraction of sp³-hybridized carbons (Fsp3) is 0.694. The minimum atomic E-state index is -0.439. The lowest BCUT2D eigenvalue weighted by molar-refractivity contribution is 0.0109. The molecule has 0 aromatic heterocycles. The summed E-state index contributed by atoms with van der Waals surface area (Å²) in [5.41, 5.74) is 9.44. The molecule has 6 aliphatic rings. The summed E-state index contributed by atoms with van der Waals surface area (Å²) in [4.78, 5) is 43.2. The number of hydrogen-bond acceptors (Lipinski definition) is 10. The predicted octanol–water partition coefficient (Wildman–Crippen LogP) is 9.36. The highest BCUT2D eigenvalue weighted by atomic mass is 35.5. The summed E-state index contributed by atoms with van der Waals surface area (Å²) in [6.45, 7) is 26.2. The van der Waals surface area contributed by atoms with Crippen molar-refractivity contribution < 1.29 is 33.3 Å². The van der Waals surface area contributed by atoms with E-state index >= 15 is 0 Å². The fourth-order valence-electron chi connectivity index (χ4n) is 9.35. The Labute approximate surface area is 386 Å². The molecule has 0 spiro atoms. The molecule has 2 N–H and O–H groups in total. The highest BCUT2D eigenvalue weighted by Crippen LogP contribution is 2.40. The lowest BCUT2D eigenvalue weighted by Crippen LogP contribution is -2.50. The summed E-state index contributed by atoms with van der Waals surface area (Å²) < 4.78 is 21.9. The van der Waals surface area contributed by atoms with Gasteiger partial charge in [-0.2, -0.15) is 0 Å². The van der Waals surface area contributed by atoms with Gasteiger partial charge in [0.2, 0.25) is 0 Å². The van der Waals surface area contributed by atoms with Crippen molar-refractivity contribution in [2.24, 2.45) is 34.8 Å². The predicted molar refractivity (Wildman–Crippen MR) is 251 cm³/mol. The SMILES string of the molecule is CC1(CCc2ccc(Cl)c(N3CC4COCC4C3)c2)CCN(C(=O)OC(C)(C)C)CC1.CC1(N)CCN(C(=O)OC(C)(C)C)CC1.O=Cc1ccc(Cl)c(N2CC3COCC3C2)c1. The van der Waals surface area contributed by atoms with E-state index in [0.717, 1.165) is 126 Å². The van der Waals surface area contributed by atoms with E-state index < -0.39 is 11.2 Å². The maximum absolute atomic E-state index is 12.4. The highest BCUT2D eigenvalue weighted by Gasteiger charge is 2.39. The van der Waals surface area contributed by atoms with Crippen molar-refractivity contribution in [3.8, 4) is 0 Å². The van der Waals surface area contributed by atoms with Crippen LogP contribution in [0.4, 0.5) is 21.0 Å². The molecule has 0 bridgehead atoms. The van der Waals surface area contributed by atoms with Crippen LogP contribution < -0.4 is 15.5 Å². The van der Waals surface area contributed by atoms with E-state index in [1.807, 2.05) is 59.4 Å². The zero-order chi connectivity index (χ0) is 45.7. The molecule has 14 heteroatoms. The van der Waals surface area contributed by atoms with Gasteiger partial charge in [0.1, 0.15) is 17.5 Å². The van der Waals surface area contributed by atoms with Crippen LogP contribution in [0, 0.1) is 29.1 Å². The van der Waals surface area contributed by atoms with Gasteiger partial charge in [-0.05, 0) is 122 Å². The van der Waals surface area contributed by atoms with Gasteiger partial charge in [-0.3, -0.25) is 4.79 Å². The Hall–Kier alpha value is -3.29. The van der Waals surface area contributed by atoms with Crippen LogP contribution in [0.15, 0.2) is 36.4 Å². The van der Waals surface area contributed by atoms with Gasteiger partial charge < -0.3 is 44.3 Å². The van der Waals surface area contributed by atoms with Gasteiger partial charge in [-0.1, -0.05) is 42.3 Å². The zero-order valence-electron chi connectivity index (χ0n) is 39.1. The number of hydrogen-bond donors (Lipinski definition) is 1. The summed E-state index contributed by atoms with van der Waals surface area (Å²) in [6, 6.07) is 11.9. The lowest BCUT2D eigenvalue weighted by atomic mass is 9.76. The number of benzene rings is 2. The van der Waals surface area contributed by atoms with Crippen molar-refractivity contribution in [1.82, 2.24) is 9.80 Å². The van der Waals surface area contributed by atoms with Crippen molar-refractivity contribution in [2.75, 3.05) is 88.6 Å². The molecule has 2 aromatic rings. The molecule has 6 heterocycles. The number of aldehydes is 1. The second kappa shape index (κ2) is 20.5. The standard InChI is InChI=1S/C25H37ClN2O3.C13H14ClNO2.C11H22N2O2/c1-24(2,3)31-23(29)27-11-9-25(4,10-12-27)8-7-18-5-6-21(26)22(13-18)28-14-19-16-30-17-20(19)15-28;14-12-2-1-9(6-16)3-13(12)15-4-10-7-17-8-11(10)5-15;1-10(2,3)15-9(14)13-7-5-11(4,12)6-8-13/h5-6,13,19-20H,7-12,14-17H2,1-4H3;1-3,6,10-11H,4-5,7-8H2;5-8,12H2,1-4H3. The van der Waals surface area contributed by atoms with E-state index in [9.17, 15) is 14.4 Å². The minimum Gasteiger partial charge on any atom is -0.444 e. The number of fused-ring (bicyclic) bond motifs is 2. The molecular formula is C49H73Cl2N5O7. The second-order valence-corrected chi connectivity index (χ2v) is 22.3. The average Bonchev–Trinajstić information content (AvgIpc) is 4.01. The summed E-state index contributed by atoms with van der Waals surface area (Å²) in [7, 11) is 0. The molecule has 2 amide bonds. The third kappa shape index (κ3) is 13.9. The maximum Gasteiger partial charge on any atom is 0.410 e. The largest absolute Gasteiger partial charge is 0.444 e. The van der Waals surface area contributed by atoms with Crippen molar-refractivity contribution >= 4 is 53.0 Å². The number of amides is 2. The molecule has 6 fully saturated rings. The Bertz CT molecular complexity index is 1860. The first-order valence-electron chi connectivity index (χ1n) is 23.0. The van der Waals surface area contributed by atoms with Crippen LogP contribution >= 0.6 is 23.2 Å². The molecule has 6 aliphatic heterocycles. The molecule has 0 radical (unpaired) electrons. The van der Waals surface area contributed by atoms with Crippen LogP contribution in [-0.2, 0) is 25.4 Å². The number of anilines is 2. The molecule has 0 saturated carbocycles. The third-order valence-electron chi connectivity index (χ3n) is 13.5. The van der Waals surface area contributed by atoms with Crippen LogP contribution in [0.25, 0.3) is 0 Å². The summed E-state index contributed by atoms with van der Waals surface area (Å²) in [5, 5.41) is 1.57. The van der Waals surface area contributed by atoms with Crippen LogP contribution in [0.5, 0.6) is 0 Å². The number of nitrogens with two attached hydrogens (primary N) is 1. The molecule has 4 atom stereocenters. The minimum absolute atomic E-state index is 0.126. The number of ether oxygens (including phenoxy) is 4. The Morgan fingerprint density at radius 1 is 0.698 bits per heavy atom. The van der Waals surface area contributed by atoms with Crippen LogP contribution in [0.3, 0.4) is 0 Å². The number of piperidine rings is 2. The molecule has 0 aliphatic carbocycles. The first kappa shape index (κ1) is 49.2. The molecule has 63 heavy (non-hydrogen) atoms. The quantitative estimate of drug-likeness (QED) is 0.280. The van der Waals surface area contributed by atoms with Gasteiger partial charge in [0, 0.05) is 87.1 Å². The first-order chi connectivity index (χ1) is 29.6. The van der Waals surface area contributed by atoms with Gasteiger partial charge in [0.05, 0.1) is 47.8 Å². The zero-order valence-corrected chi connectivity index (χ0v) is 40.6. The van der Waals surface area contributed by atoms with E-state index in [1.165, 1.54) is 11.3 Å². The number of aryl methyl sites for hydroxylation is 1. The number of likely N-dealkylation sites (tertiary alicyclic amines) is 2. The highest BCUT2D eigenvalue weighted by molar-refractivity contribution is 6.33. The number of carbonyl (C=O) groups is 3. The van der Waals surface area contributed by atoms with E-state index in [1.54, 1.807) is 17.0 Å². The Kier molecular flexibility index (Phi) is 16.0.